The maximum atomic E-state index is 13.7. The van der Waals surface area contributed by atoms with Gasteiger partial charge in [-0.25, -0.2) is 4.39 Å². The summed E-state index contributed by atoms with van der Waals surface area (Å²) < 4.78 is 19.8. The number of hydrogen-bond acceptors (Lipinski definition) is 3. The van der Waals surface area contributed by atoms with Crippen molar-refractivity contribution in [2.75, 3.05) is 5.73 Å². The Morgan fingerprint density at radius 3 is 2.71 bits per heavy atom. The van der Waals surface area contributed by atoms with Crippen LogP contribution in [0.2, 0.25) is 0 Å². The van der Waals surface area contributed by atoms with Gasteiger partial charge in [0.15, 0.2) is 5.75 Å². The molecule has 0 bridgehead atoms. The van der Waals surface area contributed by atoms with E-state index in [1.165, 1.54) is 12.1 Å². The van der Waals surface area contributed by atoms with E-state index in [0.717, 1.165) is 16.6 Å². The number of aryl methyl sites for hydroxylation is 1. The van der Waals surface area contributed by atoms with Crippen LogP contribution in [0.5, 0.6) is 11.5 Å². The van der Waals surface area contributed by atoms with Gasteiger partial charge in [-0.3, -0.25) is 4.98 Å². The molecule has 106 valence electrons. The zero-order valence-corrected chi connectivity index (χ0v) is 12.8. The van der Waals surface area contributed by atoms with Gasteiger partial charge in [-0.2, -0.15) is 0 Å². The predicted molar refractivity (Wildman–Crippen MR) is 85.1 cm³/mol. The molecule has 0 saturated carbocycles. The number of anilines is 1. The fourth-order valence-corrected chi connectivity index (χ4v) is 2.47. The number of pyridine rings is 1. The first-order valence-electron chi connectivity index (χ1n) is 6.33. The van der Waals surface area contributed by atoms with Crippen molar-refractivity contribution in [1.29, 1.82) is 0 Å². The summed E-state index contributed by atoms with van der Waals surface area (Å²) >= 11 is 3.10. The average Bonchev–Trinajstić information content (AvgIpc) is 2.44. The molecule has 3 nitrogen and oxygen atoms in total. The van der Waals surface area contributed by atoms with E-state index in [-0.39, 0.29) is 5.75 Å². The Balaban J connectivity index is 2.12. The number of nitrogens with zero attached hydrogens (tertiary/aromatic N) is 1. The summed E-state index contributed by atoms with van der Waals surface area (Å²) in [6, 6.07) is 12.2. The van der Waals surface area contributed by atoms with Crippen molar-refractivity contribution in [2.45, 2.75) is 6.92 Å². The van der Waals surface area contributed by atoms with Crippen LogP contribution in [0.1, 0.15) is 5.69 Å². The predicted octanol–water partition coefficient (Wildman–Crippen LogP) is 4.82. The van der Waals surface area contributed by atoms with E-state index < -0.39 is 5.82 Å². The van der Waals surface area contributed by atoms with Crippen molar-refractivity contribution in [3.63, 3.8) is 0 Å². The van der Waals surface area contributed by atoms with Crippen LogP contribution in [0, 0.1) is 12.7 Å². The van der Waals surface area contributed by atoms with E-state index in [1.807, 2.05) is 37.3 Å². The molecular formula is C16H12BrFN2O. The van der Waals surface area contributed by atoms with Crippen LogP contribution in [0.3, 0.4) is 0 Å². The Hall–Kier alpha value is -2.14. The zero-order chi connectivity index (χ0) is 15.0. The molecule has 0 radical (unpaired) electrons. The quantitative estimate of drug-likeness (QED) is 0.676. The minimum Gasteiger partial charge on any atom is -0.454 e. The van der Waals surface area contributed by atoms with Gasteiger partial charge in [0.05, 0.1) is 15.7 Å². The molecule has 0 aliphatic rings. The van der Waals surface area contributed by atoms with Gasteiger partial charge in [-0.1, -0.05) is 12.1 Å². The van der Waals surface area contributed by atoms with Gasteiger partial charge in [0.25, 0.3) is 0 Å². The van der Waals surface area contributed by atoms with Crippen molar-refractivity contribution in [1.82, 2.24) is 4.98 Å². The molecule has 1 aromatic heterocycles. The van der Waals surface area contributed by atoms with E-state index in [0.29, 0.717) is 15.9 Å². The van der Waals surface area contributed by atoms with E-state index in [2.05, 4.69) is 20.9 Å². The lowest BCUT2D eigenvalue weighted by atomic mass is 10.2. The third kappa shape index (κ3) is 2.69. The van der Waals surface area contributed by atoms with E-state index in [9.17, 15) is 4.39 Å². The molecule has 0 saturated heterocycles. The van der Waals surface area contributed by atoms with Crippen LogP contribution < -0.4 is 10.5 Å². The van der Waals surface area contributed by atoms with Crippen LogP contribution >= 0.6 is 15.9 Å². The van der Waals surface area contributed by atoms with Crippen LogP contribution in [-0.2, 0) is 0 Å². The molecular weight excluding hydrogens is 335 g/mol. The molecule has 0 fully saturated rings. The van der Waals surface area contributed by atoms with Gasteiger partial charge in [-0.15, -0.1) is 0 Å². The molecule has 21 heavy (non-hydrogen) atoms. The summed E-state index contributed by atoms with van der Waals surface area (Å²) in [5.74, 6) is 0.465. The fraction of sp³-hybridized carbons (Fsp3) is 0.0625. The number of fused-ring (bicyclic) bond motifs is 1. The lowest BCUT2D eigenvalue weighted by molar-refractivity contribution is 0.483. The first-order chi connectivity index (χ1) is 10.0. The highest BCUT2D eigenvalue weighted by Crippen LogP contribution is 2.35. The van der Waals surface area contributed by atoms with Gasteiger partial charge in [0, 0.05) is 23.2 Å². The van der Waals surface area contributed by atoms with Gasteiger partial charge in [0.2, 0.25) is 0 Å². The molecule has 0 unspecified atom stereocenters. The number of nitrogens with two attached hydrogens (primary N) is 1. The number of para-hydroxylation sites is 1. The number of hydrogen-bond donors (Lipinski definition) is 1. The second-order valence-corrected chi connectivity index (χ2v) is 5.54. The number of aromatic nitrogens is 1. The van der Waals surface area contributed by atoms with Gasteiger partial charge < -0.3 is 10.5 Å². The summed E-state index contributed by atoms with van der Waals surface area (Å²) in [5, 5.41) is 0.853. The molecule has 0 spiro atoms. The number of nitrogen functional groups attached to an aromatic ring is 1. The highest BCUT2D eigenvalue weighted by molar-refractivity contribution is 9.10. The standard InChI is InChI=1S/C16H12BrFN2O/c1-9-6-15(10-4-2-3-5-14(10)20-9)21-16-8-12(18)11(17)7-13(16)19/h2-8H,19H2,1H3. The van der Waals surface area contributed by atoms with Crippen LogP contribution in [0.15, 0.2) is 46.9 Å². The Kier molecular flexibility index (Phi) is 3.51. The number of ether oxygens (including phenoxy) is 1. The normalized spacial score (nSPS) is 10.8. The highest BCUT2D eigenvalue weighted by Gasteiger charge is 2.11. The summed E-state index contributed by atoms with van der Waals surface area (Å²) in [7, 11) is 0. The lowest BCUT2D eigenvalue weighted by Gasteiger charge is -2.12. The average molecular weight is 347 g/mol. The summed E-state index contributed by atoms with van der Waals surface area (Å²) in [5.41, 5.74) is 7.89. The number of halogens is 2. The molecule has 0 aliphatic carbocycles. The topological polar surface area (TPSA) is 48.1 Å². The monoisotopic (exact) mass is 346 g/mol. The van der Waals surface area contributed by atoms with Crippen LogP contribution in [-0.4, -0.2) is 4.98 Å². The number of rotatable bonds is 2. The van der Waals surface area contributed by atoms with E-state index in [4.69, 9.17) is 10.5 Å². The van der Waals surface area contributed by atoms with Crippen molar-refractivity contribution in [3.8, 4) is 11.5 Å². The van der Waals surface area contributed by atoms with Gasteiger partial charge in [0.1, 0.15) is 11.6 Å². The first kappa shape index (κ1) is 13.8. The number of benzene rings is 2. The smallest absolute Gasteiger partial charge is 0.153 e. The Morgan fingerprint density at radius 2 is 1.90 bits per heavy atom. The summed E-state index contributed by atoms with van der Waals surface area (Å²) in [6.07, 6.45) is 0. The molecule has 2 aromatic carbocycles. The molecule has 2 N–H and O–H groups in total. The zero-order valence-electron chi connectivity index (χ0n) is 11.2. The molecule has 0 aliphatic heterocycles. The molecule has 3 aromatic rings. The second kappa shape index (κ2) is 5.33. The minimum absolute atomic E-state index is 0.284. The maximum Gasteiger partial charge on any atom is 0.153 e. The SMILES string of the molecule is Cc1cc(Oc2cc(F)c(Br)cc2N)c2ccccc2n1. The van der Waals surface area contributed by atoms with E-state index >= 15 is 0 Å². The molecule has 0 atom stereocenters. The summed E-state index contributed by atoms with van der Waals surface area (Å²) in [4.78, 5) is 4.44. The van der Waals surface area contributed by atoms with Crippen LogP contribution in [0.25, 0.3) is 10.9 Å². The largest absolute Gasteiger partial charge is 0.454 e. The Bertz CT molecular complexity index is 836. The third-order valence-corrected chi connectivity index (χ3v) is 3.69. The molecule has 5 heteroatoms. The second-order valence-electron chi connectivity index (χ2n) is 4.69. The maximum absolute atomic E-state index is 13.7. The molecule has 3 rings (SSSR count). The van der Waals surface area contributed by atoms with Crippen LogP contribution in [0.4, 0.5) is 10.1 Å². The van der Waals surface area contributed by atoms with Crippen molar-refractivity contribution >= 4 is 32.5 Å². The highest BCUT2D eigenvalue weighted by atomic mass is 79.9. The fourth-order valence-electron chi connectivity index (χ4n) is 2.10. The summed E-state index contributed by atoms with van der Waals surface area (Å²) in [6.45, 7) is 1.88. The van der Waals surface area contributed by atoms with E-state index in [1.54, 1.807) is 0 Å². The van der Waals surface area contributed by atoms with Crippen molar-refractivity contribution in [3.05, 3.63) is 58.4 Å². The minimum atomic E-state index is -0.422. The van der Waals surface area contributed by atoms with Crippen molar-refractivity contribution in [2.24, 2.45) is 0 Å². The Labute approximate surface area is 129 Å². The van der Waals surface area contributed by atoms with Crippen molar-refractivity contribution < 1.29 is 9.13 Å². The first-order valence-corrected chi connectivity index (χ1v) is 7.12. The Morgan fingerprint density at radius 1 is 1.14 bits per heavy atom. The van der Waals surface area contributed by atoms with Gasteiger partial charge >= 0.3 is 0 Å². The molecule has 0 amide bonds. The molecule has 1 heterocycles. The lowest BCUT2D eigenvalue weighted by Crippen LogP contribution is -1.96. The van der Waals surface area contributed by atoms with Gasteiger partial charge in [-0.05, 0) is 41.1 Å². The third-order valence-electron chi connectivity index (χ3n) is 3.08.